The number of halogens is 2. The topological polar surface area (TPSA) is 266 Å². The molecule has 200 valence electrons. The average molecular weight is 597 g/mol. The van der Waals surface area contributed by atoms with Crippen LogP contribution in [-0.2, 0) is 31.6 Å². The van der Waals surface area contributed by atoms with Crippen molar-refractivity contribution in [2.45, 2.75) is 37.1 Å². The van der Waals surface area contributed by atoms with E-state index in [0.717, 1.165) is 17.7 Å². The van der Waals surface area contributed by atoms with E-state index in [4.69, 9.17) is 31.9 Å². The van der Waals surface area contributed by atoms with Gasteiger partial charge in [-0.25, -0.2) is 18.1 Å². The van der Waals surface area contributed by atoms with Gasteiger partial charge in [-0.1, -0.05) is 0 Å². The second kappa shape index (κ2) is 9.90. The Hall–Kier alpha value is -1.67. The van der Waals surface area contributed by atoms with Crippen molar-refractivity contribution in [3.63, 3.8) is 0 Å². The van der Waals surface area contributed by atoms with Crippen molar-refractivity contribution in [3.05, 3.63) is 22.6 Å². The lowest BCUT2D eigenvalue weighted by Gasteiger charge is -2.25. The molecule has 1 aliphatic rings. The normalized spacial score (nSPS) is 28.7. The highest BCUT2D eigenvalue weighted by Crippen LogP contribution is 2.66. The number of hydrogen-bond donors (Lipinski definition) is 7. The Morgan fingerprint density at radius 3 is 2.53 bits per heavy atom. The Bertz CT molecular complexity index is 1430. The minimum atomic E-state index is -5.84. The van der Waals surface area contributed by atoms with Crippen LogP contribution in [0.1, 0.15) is 13.2 Å². The van der Waals surface area contributed by atoms with Crippen molar-refractivity contribution < 1.29 is 60.6 Å². The van der Waals surface area contributed by atoms with Gasteiger partial charge in [-0.2, -0.15) is 13.6 Å². The summed E-state index contributed by atoms with van der Waals surface area (Å²) in [4.78, 5) is 54.4. The summed E-state index contributed by atoms with van der Waals surface area (Å²) >= 11 is 5.35. The number of fused-ring (bicyclic) bond motifs is 1. The molecule has 1 aliphatic heterocycles. The number of anilines is 1. The van der Waals surface area contributed by atoms with Gasteiger partial charge in [0, 0.05) is 11.6 Å². The summed E-state index contributed by atoms with van der Waals surface area (Å²) < 4.78 is 68.6. The molecule has 0 amide bonds. The van der Waals surface area contributed by atoms with Crippen LogP contribution in [0.3, 0.4) is 0 Å². The van der Waals surface area contributed by atoms with Gasteiger partial charge in [0.05, 0.1) is 11.5 Å². The zero-order valence-electron chi connectivity index (χ0n) is 17.5. The minimum absolute atomic E-state index is 0.0479. The van der Waals surface area contributed by atoms with E-state index >= 15 is 4.39 Å². The third-order valence-corrected chi connectivity index (χ3v) is 8.68. The molecule has 0 saturated carbocycles. The molecule has 22 heteroatoms. The molecular formula is C14H17ClFN4O13P3. The molecule has 17 nitrogen and oxygen atoms in total. The Labute approximate surface area is 204 Å². The van der Waals surface area contributed by atoms with E-state index in [1.165, 1.54) is 6.07 Å². The quantitative estimate of drug-likeness (QED) is 0.158. The number of H-pyrrole nitrogens is 1. The van der Waals surface area contributed by atoms with E-state index in [1.54, 1.807) is 5.38 Å². The molecule has 3 unspecified atom stereocenters. The van der Waals surface area contributed by atoms with Crippen LogP contribution in [0.2, 0.25) is 0 Å². The van der Waals surface area contributed by atoms with Crippen LogP contribution < -0.4 is 11.3 Å². The van der Waals surface area contributed by atoms with Gasteiger partial charge in [0.25, 0.3) is 5.56 Å². The van der Waals surface area contributed by atoms with Gasteiger partial charge in [-0.15, -0.1) is 0 Å². The molecule has 3 rings (SSSR count). The fourth-order valence-electron chi connectivity index (χ4n) is 3.37. The monoisotopic (exact) mass is 596 g/mol. The molecule has 0 spiro atoms. The highest BCUT2D eigenvalue weighted by Gasteiger charge is 2.60. The molecule has 2 aromatic heterocycles. The SMILES string of the molecule is C[C@@H](OP(=O)(O)OP(=O)(O)OP(=O)(O)O)[C@H]1O[C@@H](n2ccc3c(=O)[nH]c(N)nc32)C(F)(C#CCl)[C@H]1O. The molecule has 8 N–H and O–H groups in total. The highest BCUT2D eigenvalue weighted by molar-refractivity contribution is 7.66. The molecule has 2 aromatic rings. The van der Waals surface area contributed by atoms with Crippen LogP contribution in [0.5, 0.6) is 0 Å². The molecule has 0 aromatic carbocycles. The maximum Gasteiger partial charge on any atom is 0.490 e. The zero-order valence-corrected chi connectivity index (χ0v) is 21.0. The summed E-state index contributed by atoms with van der Waals surface area (Å²) in [6, 6.07) is 1.23. The number of alkyl halides is 1. The largest absolute Gasteiger partial charge is 0.490 e. The lowest BCUT2D eigenvalue weighted by molar-refractivity contribution is -0.0752. The third-order valence-electron chi connectivity index (χ3n) is 4.66. The maximum atomic E-state index is 16.0. The van der Waals surface area contributed by atoms with Crippen molar-refractivity contribution in [3.8, 4) is 11.3 Å². The maximum absolute atomic E-state index is 16.0. The van der Waals surface area contributed by atoms with Gasteiger partial charge in [-0.05, 0) is 30.5 Å². The van der Waals surface area contributed by atoms with Crippen LogP contribution in [0.25, 0.3) is 11.0 Å². The number of aliphatic hydroxyl groups excluding tert-OH is 1. The van der Waals surface area contributed by atoms with Crippen LogP contribution in [0, 0.1) is 11.3 Å². The zero-order chi connectivity index (χ0) is 27.3. The first kappa shape index (κ1) is 28.9. The van der Waals surface area contributed by atoms with Crippen molar-refractivity contribution in [2.24, 2.45) is 0 Å². The number of hydrogen-bond acceptors (Lipinski definition) is 11. The molecule has 0 aliphatic carbocycles. The lowest BCUT2D eigenvalue weighted by atomic mass is 9.95. The van der Waals surface area contributed by atoms with E-state index in [2.05, 4.69) is 23.1 Å². The van der Waals surface area contributed by atoms with E-state index < -0.39 is 59.2 Å². The lowest BCUT2D eigenvalue weighted by Crippen LogP contribution is -2.44. The van der Waals surface area contributed by atoms with Crippen molar-refractivity contribution in [1.82, 2.24) is 14.5 Å². The van der Waals surface area contributed by atoms with E-state index in [9.17, 15) is 33.4 Å². The number of aromatic nitrogens is 3. The molecule has 36 heavy (non-hydrogen) atoms. The molecule has 1 saturated heterocycles. The average Bonchev–Trinajstić information content (AvgIpc) is 3.18. The Morgan fingerprint density at radius 2 is 1.94 bits per heavy atom. The van der Waals surface area contributed by atoms with Gasteiger partial charge < -0.3 is 39.7 Å². The Morgan fingerprint density at radius 1 is 1.31 bits per heavy atom. The number of aliphatic hydroxyl groups is 1. The molecule has 0 bridgehead atoms. The fourth-order valence-corrected chi connectivity index (χ4v) is 6.71. The first-order chi connectivity index (χ1) is 16.4. The molecule has 7 atom stereocenters. The molecular weight excluding hydrogens is 580 g/mol. The van der Waals surface area contributed by atoms with Crippen LogP contribution in [0.4, 0.5) is 10.3 Å². The van der Waals surface area contributed by atoms with Gasteiger partial charge in [0.15, 0.2) is 11.9 Å². The van der Waals surface area contributed by atoms with Crippen LogP contribution in [0.15, 0.2) is 17.1 Å². The summed E-state index contributed by atoms with van der Waals surface area (Å²) in [5.74, 6) is 1.58. The number of aromatic amines is 1. The summed E-state index contributed by atoms with van der Waals surface area (Å²) in [6.07, 6.45) is -6.65. The summed E-state index contributed by atoms with van der Waals surface area (Å²) in [5, 5.41) is 12.3. The van der Waals surface area contributed by atoms with E-state index in [-0.39, 0.29) is 17.0 Å². The number of nitrogens with zero attached hydrogens (tertiary/aromatic N) is 2. The van der Waals surface area contributed by atoms with Gasteiger partial charge in [-0.3, -0.25) is 14.3 Å². The number of ether oxygens (including phenoxy) is 1. The minimum Gasteiger partial charge on any atom is -0.386 e. The number of phosphoric ester groups is 1. The van der Waals surface area contributed by atoms with E-state index in [1.807, 2.05) is 5.92 Å². The standard InChI is InChI=1S/C14H17ClFN4O13P3/c1-6(31-35(26,27)33-36(28,29)32-34(23,24)25)8-9(21)14(16,3-4-15)12(30-8)20-5-2-7-10(20)18-13(17)19-11(7)22/h2,5-6,8-9,12,21H,1H3,(H,26,27)(H,28,29)(H2,23,24,25)(H3,17,18,19,22)/t6-,8-,9+,12-,14?/m1/s1. The predicted octanol–water partition coefficient (Wildman–Crippen LogP) is 0.205. The second-order valence-electron chi connectivity index (χ2n) is 7.20. The van der Waals surface area contributed by atoms with Crippen LogP contribution in [-0.4, -0.2) is 63.2 Å². The third kappa shape index (κ3) is 6.07. The Balaban J connectivity index is 1.92. The van der Waals surface area contributed by atoms with Crippen molar-refractivity contribution >= 4 is 52.1 Å². The van der Waals surface area contributed by atoms with E-state index in [0.29, 0.717) is 0 Å². The summed E-state index contributed by atoms with van der Waals surface area (Å²) in [6.45, 7) is 0.956. The summed E-state index contributed by atoms with van der Waals surface area (Å²) in [7, 11) is -17.1. The Kier molecular flexibility index (Phi) is 7.94. The predicted molar refractivity (Wildman–Crippen MR) is 117 cm³/mol. The number of nitrogen functional groups attached to an aromatic ring is 1. The molecule has 1 fully saturated rings. The molecule has 0 radical (unpaired) electrons. The molecule has 3 heterocycles. The van der Waals surface area contributed by atoms with Crippen molar-refractivity contribution in [1.29, 1.82) is 0 Å². The van der Waals surface area contributed by atoms with Crippen molar-refractivity contribution in [2.75, 3.05) is 5.73 Å². The summed E-state index contributed by atoms with van der Waals surface area (Å²) in [5.41, 5.74) is 1.63. The van der Waals surface area contributed by atoms with Gasteiger partial charge >= 0.3 is 23.5 Å². The van der Waals surface area contributed by atoms with Gasteiger partial charge in [0.1, 0.15) is 12.2 Å². The highest BCUT2D eigenvalue weighted by atomic mass is 35.5. The smallest absolute Gasteiger partial charge is 0.386 e. The van der Waals surface area contributed by atoms with Gasteiger partial charge in [0.2, 0.25) is 11.6 Å². The number of phosphoric acid groups is 3. The van der Waals surface area contributed by atoms with Crippen LogP contribution >= 0.6 is 35.1 Å². The second-order valence-corrected chi connectivity index (χ2v) is 11.8. The number of rotatable bonds is 8. The number of nitrogens with one attached hydrogen (secondary N) is 1. The first-order valence-corrected chi connectivity index (χ1v) is 14.1. The first-order valence-electron chi connectivity index (χ1n) is 9.23. The fraction of sp³-hybridized carbons (Fsp3) is 0.429. The number of nitrogens with two attached hydrogens (primary N) is 1.